The molecule has 130 valence electrons. The summed E-state index contributed by atoms with van der Waals surface area (Å²) in [7, 11) is 0. The summed E-state index contributed by atoms with van der Waals surface area (Å²) in [6.45, 7) is 6.96. The first-order valence-corrected chi connectivity index (χ1v) is 7.72. The number of hydrogen-bond donors (Lipinski definition) is 1. The number of hydrogen-bond acceptors (Lipinski definition) is 7. The van der Waals surface area contributed by atoms with Crippen molar-refractivity contribution in [2.45, 2.75) is 46.7 Å². The van der Waals surface area contributed by atoms with E-state index >= 15 is 0 Å². The molecule has 2 aromatic rings. The van der Waals surface area contributed by atoms with Crippen LogP contribution in [0, 0.1) is 6.92 Å². The van der Waals surface area contributed by atoms with Gasteiger partial charge in [-0.25, -0.2) is 4.79 Å². The van der Waals surface area contributed by atoms with Crippen LogP contribution < -0.4 is 10.9 Å². The minimum Gasteiger partial charge on any atom is -0.461 e. The maximum Gasteiger partial charge on any atom is 0.361 e. The molecule has 0 saturated heterocycles. The van der Waals surface area contributed by atoms with E-state index in [1.165, 1.54) is 4.57 Å². The molecule has 0 aliphatic carbocycles. The van der Waals surface area contributed by atoms with Crippen LogP contribution in [0.3, 0.4) is 0 Å². The van der Waals surface area contributed by atoms with Crippen molar-refractivity contribution in [1.82, 2.24) is 20.0 Å². The van der Waals surface area contributed by atoms with E-state index in [-0.39, 0.29) is 41.9 Å². The molecule has 1 atom stereocenters. The van der Waals surface area contributed by atoms with Crippen LogP contribution in [0.4, 0.5) is 0 Å². The van der Waals surface area contributed by atoms with Crippen molar-refractivity contribution in [3.05, 3.63) is 21.9 Å². The van der Waals surface area contributed by atoms with Crippen molar-refractivity contribution in [2.24, 2.45) is 0 Å². The van der Waals surface area contributed by atoms with E-state index in [2.05, 4.69) is 15.5 Å². The van der Waals surface area contributed by atoms with Gasteiger partial charge in [-0.05, 0) is 27.2 Å². The highest BCUT2D eigenvalue weighted by molar-refractivity contribution is 5.99. The first-order valence-electron chi connectivity index (χ1n) is 7.72. The Hall–Kier alpha value is -2.71. The van der Waals surface area contributed by atoms with Crippen LogP contribution in [0.5, 0.6) is 0 Å². The molecular weight excluding hydrogens is 316 g/mol. The third kappa shape index (κ3) is 3.44. The van der Waals surface area contributed by atoms with Crippen molar-refractivity contribution < 1.29 is 18.8 Å². The number of nitrogens with zero attached hydrogens (tertiary/aromatic N) is 3. The van der Waals surface area contributed by atoms with E-state index < -0.39 is 11.5 Å². The van der Waals surface area contributed by atoms with Crippen molar-refractivity contribution in [3.8, 4) is 0 Å². The van der Waals surface area contributed by atoms with E-state index in [1.54, 1.807) is 13.8 Å². The second-order valence-corrected chi connectivity index (χ2v) is 5.36. The molecule has 0 aliphatic rings. The number of ether oxygens (including phenoxy) is 1. The zero-order chi connectivity index (χ0) is 17.9. The van der Waals surface area contributed by atoms with E-state index in [9.17, 15) is 14.4 Å². The van der Waals surface area contributed by atoms with Crippen molar-refractivity contribution in [1.29, 1.82) is 0 Å². The molecule has 0 fully saturated rings. The second kappa shape index (κ2) is 7.24. The lowest BCUT2D eigenvalue weighted by Gasteiger charge is -2.13. The summed E-state index contributed by atoms with van der Waals surface area (Å²) < 4.78 is 11.0. The fourth-order valence-corrected chi connectivity index (χ4v) is 2.13. The maximum absolute atomic E-state index is 12.7. The van der Waals surface area contributed by atoms with Crippen LogP contribution in [0.15, 0.2) is 9.32 Å². The molecule has 9 heteroatoms. The Labute approximate surface area is 138 Å². The molecule has 2 aromatic heterocycles. The molecular formula is C15H20N4O5. The Balaban J connectivity index is 2.44. The zero-order valence-electron chi connectivity index (χ0n) is 14.1. The predicted octanol–water partition coefficient (Wildman–Crippen LogP) is 0.784. The van der Waals surface area contributed by atoms with E-state index in [1.807, 2.05) is 13.8 Å². The van der Waals surface area contributed by atoms with Crippen molar-refractivity contribution in [3.63, 3.8) is 0 Å². The number of aromatic nitrogens is 3. The lowest BCUT2D eigenvalue weighted by Crippen LogP contribution is -2.38. The fourth-order valence-electron chi connectivity index (χ4n) is 2.13. The molecule has 1 amide bonds. The molecule has 2 heterocycles. The molecule has 0 bridgehead atoms. The Morgan fingerprint density at radius 2 is 2.08 bits per heavy atom. The lowest BCUT2D eigenvalue weighted by molar-refractivity contribution is -0.122. The zero-order valence-corrected chi connectivity index (χ0v) is 14.1. The summed E-state index contributed by atoms with van der Waals surface area (Å²) in [6.07, 6.45) is 0.773. The van der Waals surface area contributed by atoms with Crippen LogP contribution >= 0.6 is 0 Å². The third-order valence-corrected chi connectivity index (χ3v) is 3.58. The number of nitrogens with one attached hydrogen (secondary N) is 1. The van der Waals surface area contributed by atoms with Crippen LogP contribution in [0.25, 0.3) is 11.1 Å². The minimum atomic E-state index is -0.769. The smallest absolute Gasteiger partial charge is 0.361 e. The van der Waals surface area contributed by atoms with Gasteiger partial charge in [-0.1, -0.05) is 12.1 Å². The monoisotopic (exact) mass is 336 g/mol. The van der Waals surface area contributed by atoms with E-state index in [0.29, 0.717) is 5.82 Å². The molecule has 0 spiro atoms. The van der Waals surface area contributed by atoms with Gasteiger partial charge in [0.25, 0.3) is 11.3 Å². The molecule has 0 aliphatic heterocycles. The number of amides is 1. The average Bonchev–Trinajstić information content (AvgIpc) is 2.95. The highest BCUT2D eigenvalue weighted by atomic mass is 16.5. The minimum absolute atomic E-state index is 0.00381. The summed E-state index contributed by atoms with van der Waals surface area (Å²) in [6, 6.07) is -0.00381. The quantitative estimate of drug-likeness (QED) is 0.775. The molecule has 9 nitrogen and oxygen atoms in total. The van der Waals surface area contributed by atoms with Gasteiger partial charge in [0, 0.05) is 6.04 Å². The van der Waals surface area contributed by atoms with Gasteiger partial charge < -0.3 is 14.6 Å². The Kier molecular flexibility index (Phi) is 5.32. The first kappa shape index (κ1) is 17.6. The Morgan fingerprint density at radius 1 is 1.38 bits per heavy atom. The molecule has 2 rings (SSSR count). The number of carbonyl (C=O) groups excluding carboxylic acids is 2. The molecule has 0 aromatic carbocycles. The maximum atomic E-state index is 12.7. The van der Waals surface area contributed by atoms with Gasteiger partial charge in [0.2, 0.25) is 11.6 Å². The summed E-state index contributed by atoms with van der Waals surface area (Å²) in [5.74, 6) is -0.794. The SMILES string of the molecule is CCOC(=O)c1noc2nc(C)n(CC(=O)N[C@@H](C)CC)c(=O)c12. The number of fused-ring (bicyclic) bond motifs is 1. The van der Waals surface area contributed by atoms with Gasteiger partial charge in [0.1, 0.15) is 17.8 Å². The van der Waals surface area contributed by atoms with Gasteiger partial charge in [-0.15, -0.1) is 0 Å². The van der Waals surface area contributed by atoms with Crippen LogP contribution in [0.2, 0.25) is 0 Å². The van der Waals surface area contributed by atoms with Crippen LogP contribution in [0.1, 0.15) is 43.5 Å². The third-order valence-electron chi connectivity index (χ3n) is 3.58. The fraction of sp³-hybridized carbons (Fsp3) is 0.533. The topological polar surface area (TPSA) is 116 Å². The second-order valence-electron chi connectivity index (χ2n) is 5.36. The molecule has 1 N–H and O–H groups in total. The molecule has 24 heavy (non-hydrogen) atoms. The summed E-state index contributed by atoms with van der Waals surface area (Å²) in [4.78, 5) is 40.7. The number of carbonyl (C=O) groups is 2. The van der Waals surface area contributed by atoms with Gasteiger partial charge >= 0.3 is 5.97 Å². The predicted molar refractivity (Wildman–Crippen MR) is 84.7 cm³/mol. The first-order chi connectivity index (χ1) is 11.4. The number of esters is 1. The largest absolute Gasteiger partial charge is 0.461 e. The van der Waals surface area contributed by atoms with E-state index in [4.69, 9.17) is 9.26 Å². The highest BCUT2D eigenvalue weighted by Crippen LogP contribution is 2.14. The Bertz CT molecular complexity index is 823. The van der Waals surface area contributed by atoms with Gasteiger partial charge in [0.15, 0.2) is 0 Å². The highest BCUT2D eigenvalue weighted by Gasteiger charge is 2.24. The molecule has 0 unspecified atom stereocenters. The summed E-state index contributed by atoms with van der Waals surface area (Å²) in [5.41, 5.74) is -0.860. The summed E-state index contributed by atoms with van der Waals surface area (Å²) in [5, 5.41) is 6.26. The van der Waals surface area contributed by atoms with Crippen molar-refractivity contribution in [2.75, 3.05) is 6.61 Å². The van der Waals surface area contributed by atoms with Crippen LogP contribution in [-0.2, 0) is 16.1 Å². The van der Waals surface area contributed by atoms with Crippen LogP contribution in [-0.4, -0.2) is 39.2 Å². The standard InChI is InChI=1S/C15H20N4O5/c1-5-8(3)16-10(20)7-19-9(4)17-13-11(14(19)21)12(18-24-13)15(22)23-6-2/h8H,5-7H2,1-4H3,(H,16,20)/t8-/m0/s1. The van der Waals surface area contributed by atoms with E-state index in [0.717, 1.165) is 6.42 Å². The van der Waals surface area contributed by atoms with Gasteiger partial charge in [-0.2, -0.15) is 4.98 Å². The number of rotatable bonds is 6. The molecule has 0 saturated carbocycles. The number of aryl methyl sites for hydroxylation is 1. The lowest BCUT2D eigenvalue weighted by atomic mass is 10.2. The normalized spacial score (nSPS) is 12.2. The molecule has 0 radical (unpaired) electrons. The van der Waals surface area contributed by atoms with Gasteiger partial charge in [-0.3, -0.25) is 14.2 Å². The van der Waals surface area contributed by atoms with Gasteiger partial charge in [0.05, 0.1) is 6.61 Å². The average molecular weight is 336 g/mol. The van der Waals surface area contributed by atoms with Crippen molar-refractivity contribution >= 4 is 23.0 Å². The summed E-state index contributed by atoms with van der Waals surface area (Å²) >= 11 is 0. The Morgan fingerprint density at radius 3 is 2.71 bits per heavy atom.